The molecule has 6 nitrogen and oxygen atoms in total. The normalized spacial score (nSPS) is 28.8. The summed E-state index contributed by atoms with van der Waals surface area (Å²) in [4.78, 5) is 27.1. The molecule has 1 aromatic rings. The summed E-state index contributed by atoms with van der Waals surface area (Å²) in [5.41, 5.74) is 0.348. The smallest absolute Gasteiger partial charge is 0.445 e. The van der Waals surface area contributed by atoms with E-state index in [4.69, 9.17) is 14.0 Å². The van der Waals surface area contributed by atoms with E-state index in [9.17, 15) is 9.59 Å². The molecule has 2 saturated heterocycles. The summed E-state index contributed by atoms with van der Waals surface area (Å²) in [6.07, 6.45) is 3.15. The molecule has 1 saturated carbocycles. The van der Waals surface area contributed by atoms with Gasteiger partial charge in [0.05, 0.1) is 11.2 Å². The summed E-state index contributed by atoms with van der Waals surface area (Å²) in [5, 5.41) is 0. The summed E-state index contributed by atoms with van der Waals surface area (Å²) in [6, 6.07) is 9.65. The minimum absolute atomic E-state index is 0.0360. The molecule has 31 heavy (non-hydrogen) atoms. The minimum Gasteiger partial charge on any atom is -0.445 e. The molecule has 4 rings (SSSR count). The van der Waals surface area contributed by atoms with Crippen molar-refractivity contribution < 1.29 is 23.6 Å². The van der Waals surface area contributed by atoms with Crippen LogP contribution in [0.1, 0.15) is 52.5 Å². The van der Waals surface area contributed by atoms with Crippen LogP contribution in [0.3, 0.4) is 0 Å². The lowest BCUT2D eigenvalue weighted by atomic mass is 9.80. The highest BCUT2D eigenvalue weighted by Gasteiger charge is 2.51. The van der Waals surface area contributed by atoms with Crippen LogP contribution in [-0.4, -0.2) is 48.2 Å². The van der Waals surface area contributed by atoms with E-state index in [1.807, 2.05) is 30.3 Å². The Labute approximate surface area is 185 Å². The molecule has 7 heteroatoms. The van der Waals surface area contributed by atoms with Gasteiger partial charge in [0.15, 0.2) is 0 Å². The Balaban J connectivity index is 1.20. The van der Waals surface area contributed by atoms with Crippen molar-refractivity contribution in [3.05, 3.63) is 35.9 Å². The number of fused-ring (bicyclic) bond motifs is 1. The maximum atomic E-state index is 12.9. The number of ether oxygens (including phenoxy) is 1. The molecule has 168 valence electrons. The van der Waals surface area contributed by atoms with Gasteiger partial charge in [-0.05, 0) is 58.3 Å². The highest BCUT2D eigenvalue weighted by molar-refractivity contribution is 6.45. The molecule has 3 atom stereocenters. The molecule has 3 fully saturated rings. The van der Waals surface area contributed by atoms with Crippen LogP contribution in [0.2, 0.25) is 6.32 Å². The van der Waals surface area contributed by atoms with Gasteiger partial charge in [-0.25, -0.2) is 4.79 Å². The van der Waals surface area contributed by atoms with Crippen LogP contribution in [0.25, 0.3) is 0 Å². The number of rotatable bonds is 6. The molecule has 0 N–H and O–H groups in total. The average Bonchev–Trinajstić information content (AvgIpc) is 3.32. The van der Waals surface area contributed by atoms with Gasteiger partial charge in [0.2, 0.25) is 0 Å². The quantitative estimate of drug-likeness (QED) is 0.633. The van der Waals surface area contributed by atoms with Gasteiger partial charge in [0.1, 0.15) is 12.4 Å². The van der Waals surface area contributed by atoms with Gasteiger partial charge in [-0.15, -0.1) is 0 Å². The van der Waals surface area contributed by atoms with Crippen molar-refractivity contribution >= 4 is 19.0 Å². The highest BCUT2D eigenvalue weighted by atomic mass is 16.7. The van der Waals surface area contributed by atoms with E-state index in [2.05, 4.69) is 27.7 Å². The van der Waals surface area contributed by atoms with E-state index in [-0.39, 0.29) is 48.8 Å². The lowest BCUT2D eigenvalue weighted by Gasteiger charge is -2.32. The topological polar surface area (TPSA) is 65.1 Å². The van der Waals surface area contributed by atoms with Gasteiger partial charge in [-0.3, -0.25) is 4.79 Å². The van der Waals surface area contributed by atoms with E-state index in [0.717, 1.165) is 31.1 Å². The van der Waals surface area contributed by atoms with Crippen LogP contribution in [0, 0.1) is 17.8 Å². The van der Waals surface area contributed by atoms with E-state index in [1.54, 1.807) is 4.90 Å². The molecule has 2 aliphatic heterocycles. The van der Waals surface area contributed by atoms with Crippen molar-refractivity contribution in [2.24, 2.45) is 17.8 Å². The molecule has 1 aromatic carbocycles. The number of Topliss-reactive ketones (excluding diaryl/α,β-unsaturated/α-hetero) is 1. The number of amides is 1. The summed E-state index contributed by atoms with van der Waals surface area (Å²) >= 11 is 0. The SMILES string of the molecule is CC1(C)OB(CCC[C@@H]2C[C@H]3CN(C(=O)OCc4ccccc4)C[C@H]3C2=O)OC1(C)C. The molecular weight excluding hydrogens is 393 g/mol. The third-order valence-electron chi connectivity index (χ3n) is 7.55. The zero-order valence-electron chi connectivity index (χ0n) is 19.1. The first-order valence-electron chi connectivity index (χ1n) is 11.5. The summed E-state index contributed by atoms with van der Waals surface area (Å²) in [6.45, 7) is 9.62. The minimum atomic E-state index is -0.316. The third-order valence-corrected chi connectivity index (χ3v) is 7.55. The summed E-state index contributed by atoms with van der Waals surface area (Å²) in [7, 11) is -0.198. The van der Waals surface area contributed by atoms with Gasteiger partial charge < -0.3 is 18.9 Å². The van der Waals surface area contributed by atoms with E-state index in [1.165, 1.54) is 0 Å². The average molecular weight is 427 g/mol. The highest BCUT2D eigenvalue weighted by Crippen LogP contribution is 2.42. The van der Waals surface area contributed by atoms with Gasteiger partial charge in [-0.1, -0.05) is 36.8 Å². The molecule has 2 heterocycles. The van der Waals surface area contributed by atoms with Crippen molar-refractivity contribution in [3.63, 3.8) is 0 Å². The zero-order chi connectivity index (χ0) is 22.2. The van der Waals surface area contributed by atoms with Gasteiger partial charge >= 0.3 is 13.2 Å². The predicted octanol–water partition coefficient (Wildman–Crippen LogP) is 4.33. The number of likely N-dealkylation sites (tertiary alicyclic amines) is 1. The van der Waals surface area contributed by atoms with Crippen molar-refractivity contribution in [3.8, 4) is 0 Å². The second kappa shape index (κ2) is 8.59. The van der Waals surface area contributed by atoms with Crippen LogP contribution in [0.4, 0.5) is 4.79 Å². The molecule has 0 bridgehead atoms. The van der Waals surface area contributed by atoms with E-state index >= 15 is 0 Å². The number of carbonyl (C=O) groups excluding carboxylic acids is 2. The monoisotopic (exact) mass is 427 g/mol. The second-order valence-corrected chi connectivity index (χ2v) is 10.3. The lowest BCUT2D eigenvalue weighted by Crippen LogP contribution is -2.41. The number of hydrogen-bond donors (Lipinski definition) is 0. The molecule has 0 radical (unpaired) electrons. The number of nitrogens with zero attached hydrogens (tertiary/aromatic N) is 1. The second-order valence-electron chi connectivity index (χ2n) is 10.3. The Morgan fingerprint density at radius 1 is 1.13 bits per heavy atom. The first-order chi connectivity index (χ1) is 14.7. The van der Waals surface area contributed by atoms with E-state index in [0.29, 0.717) is 18.9 Å². The Kier molecular flexibility index (Phi) is 6.19. The van der Waals surface area contributed by atoms with Gasteiger partial charge in [0, 0.05) is 24.9 Å². The van der Waals surface area contributed by atoms with Crippen LogP contribution >= 0.6 is 0 Å². The fourth-order valence-corrected chi connectivity index (χ4v) is 5.05. The van der Waals surface area contributed by atoms with Gasteiger partial charge in [0.25, 0.3) is 0 Å². The predicted molar refractivity (Wildman–Crippen MR) is 118 cm³/mol. The lowest BCUT2D eigenvalue weighted by molar-refractivity contribution is -0.124. The van der Waals surface area contributed by atoms with Crippen LogP contribution < -0.4 is 0 Å². The molecule has 0 aromatic heterocycles. The molecule has 0 spiro atoms. The molecular formula is C24H34BNO5. The maximum Gasteiger partial charge on any atom is 0.457 e. The molecule has 3 aliphatic rings. The van der Waals surface area contributed by atoms with Crippen LogP contribution in [0.15, 0.2) is 30.3 Å². The Hall–Kier alpha value is -1.86. The fraction of sp³-hybridized carbons (Fsp3) is 0.667. The number of carbonyl (C=O) groups is 2. The molecule has 1 aliphatic carbocycles. The first kappa shape index (κ1) is 22.3. The van der Waals surface area contributed by atoms with E-state index < -0.39 is 0 Å². The summed E-state index contributed by atoms with van der Waals surface area (Å²) < 4.78 is 17.6. The summed E-state index contributed by atoms with van der Waals surface area (Å²) in [5.74, 6) is 0.641. The number of hydrogen-bond acceptors (Lipinski definition) is 5. The zero-order valence-corrected chi connectivity index (χ0v) is 19.1. The number of benzene rings is 1. The fourth-order valence-electron chi connectivity index (χ4n) is 5.05. The molecule has 0 unspecified atom stereocenters. The molecule has 1 amide bonds. The standard InChI is InChI=1S/C24H34BNO5/c1-23(2)24(3,4)31-25(30-23)12-8-11-18-13-19-14-26(15-20(19)21(18)27)22(28)29-16-17-9-6-5-7-10-17/h5-7,9-10,18-20H,8,11-16H2,1-4H3/t18-,19+,20-/m1/s1. The van der Waals surface area contributed by atoms with Crippen molar-refractivity contribution in [2.45, 2.75) is 71.1 Å². The number of ketones is 1. The van der Waals surface area contributed by atoms with Crippen molar-refractivity contribution in [2.75, 3.05) is 13.1 Å². The first-order valence-corrected chi connectivity index (χ1v) is 11.5. The Bertz CT molecular complexity index is 795. The Morgan fingerprint density at radius 3 is 2.45 bits per heavy atom. The third kappa shape index (κ3) is 4.68. The van der Waals surface area contributed by atoms with Gasteiger partial charge in [-0.2, -0.15) is 0 Å². The Morgan fingerprint density at radius 2 is 1.81 bits per heavy atom. The van der Waals surface area contributed by atoms with Crippen molar-refractivity contribution in [1.29, 1.82) is 0 Å². The van der Waals surface area contributed by atoms with Crippen molar-refractivity contribution in [1.82, 2.24) is 4.90 Å². The maximum absolute atomic E-state index is 12.9. The largest absolute Gasteiger partial charge is 0.457 e. The van der Waals surface area contributed by atoms with Crippen LogP contribution in [0.5, 0.6) is 0 Å². The van der Waals surface area contributed by atoms with Crippen LogP contribution in [-0.2, 0) is 25.4 Å².